The summed E-state index contributed by atoms with van der Waals surface area (Å²) >= 11 is 12.6. The van der Waals surface area contributed by atoms with E-state index in [1.807, 2.05) is 40.1 Å². The molecule has 4 rings (SSSR count). The number of piperazine rings is 1. The van der Waals surface area contributed by atoms with Crippen molar-refractivity contribution in [1.29, 1.82) is 0 Å². The maximum absolute atomic E-state index is 13.8. The Hall–Kier alpha value is -2.08. The van der Waals surface area contributed by atoms with E-state index in [2.05, 4.69) is 6.92 Å². The van der Waals surface area contributed by atoms with Gasteiger partial charge in [-0.25, -0.2) is 0 Å². The largest absolute Gasteiger partial charge is 0.381 e. The molecule has 0 aromatic heterocycles. The number of hydrogen-bond acceptors (Lipinski definition) is 3. The van der Waals surface area contributed by atoms with Crippen LogP contribution in [-0.4, -0.2) is 61.0 Å². The van der Waals surface area contributed by atoms with Gasteiger partial charge in [0.05, 0.1) is 5.41 Å². The van der Waals surface area contributed by atoms with Gasteiger partial charge in [-0.2, -0.15) is 0 Å². The van der Waals surface area contributed by atoms with Crippen LogP contribution in [0, 0.1) is 0 Å². The van der Waals surface area contributed by atoms with Crippen LogP contribution < -0.4 is 0 Å². The van der Waals surface area contributed by atoms with Gasteiger partial charge in [0, 0.05) is 55.0 Å². The number of nitrogens with zero attached hydrogens (tertiary/aromatic N) is 2. The topological polar surface area (TPSA) is 49.9 Å². The summed E-state index contributed by atoms with van der Waals surface area (Å²) in [6, 6.07) is 13.1. The first-order valence-electron chi connectivity index (χ1n) is 11.2. The number of rotatable bonds is 4. The molecule has 32 heavy (non-hydrogen) atoms. The van der Waals surface area contributed by atoms with Gasteiger partial charge in [0.1, 0.15) is 0 Å². The van der Waals surface area contributed by atoms with E-state index in [1.54, 1.807) is 12.1 Å². The molecule has 2 heterocycles. The van der Waals surface area contributed by atoms with Crippen molar-refractivity contribution in [1.82, 2.24) is 9.80 Å². The van der Waals surface area contributed by atoms with Crippen LogP contribution in [-0.2, 0) is 21.4 Å². The molecular formula is C25H28Cl2N2O3. The molecule has 0 atom stereocenters. The summed E-state index contributed by atoms with van der Waals surface area (Å²) < 4.78 is 5.57. The van der Waals surface area contributed by atoms with E-state index in [-0.39, 0.29) is 11.8 Å². The van der Waals surface area contributed by atoms with Gasteiger partial charge < -0.3 is 14.5 Å². The second-order valence-corrected chi connectivity index (χ2v) is 9.30. The first-order chi connectivity index (χ1) is 15.4. The number of hydrogen-bond donors (Lipinski definition) is 0. The van der Waals surface area contributed by atoms with Gasteiger partial charge in [0.2, 0.25) is 5.91 Å². The molecule has 0 unspecified atom stereocenters. The molecule has 170 valence electrons. The number of halogens is 2. The fraction of sp³-hybridized carbons (Fsp3) is 0.440. The van der Waals surface area contributed by atoms with Crippen molar-refractivity contribution in [3.8, 4) is 0 Å². The Labute approximate surface area is 199 Å². The van der Waals surface area contributed by atoms with Crippen molar-refractivity contribution in [2.45, 2.75) is 31.6 Å². The molecule has 0 spiro atoms. The summed E-state index contributed by atoms with van der Waals surface area (Å²) in [5.74, 6) is 0.0747. The summed E-state index contributed by atoms with van der Waals surface area (Å²) in [5.41, 5.74) is 1.99. The molecule has 0 radical (unpaired) electrons. The molecule has 5 nitrogen and oxygen atoms in total. The third-order valence-electron chi connectivity index (χ3n) is 6.67. The standard InChI is InChI=1S/C25H28Cl2N2O3/c1-2-18-3-5-19(6-4-18)23(30)28-11-13-29(14-12-28)24(31)25(9-15-32-16-10-25)21-8-7-20(26)17-22(21)27/h3-8,17H,2,9-16H2,1H3. The lowest BCUT2D eigenvalue weighted by atomic mass is 9.72. The van der Waals surface area contributed by atoms with Gasteiger partial charge >= 0.3 is 0 Å². The number of ether oxygens (including phenoxy) is 1. The second kappa shape index (κ2) is 9.82. The number of carbonyl (C=O) groups excluding carboxylic acids is 2. The smallest absolute Gasteiger partial charge is 0.253 e. The van der Waals surface area contributed by atoms with Crippen LogP contribution in [0.5, 0.6) is 0 Å². The fourth-order valence-electron chi connectivity index (χ4n) is 4.68. The Bertz CT molecular complexity index is 979. The maximum Gasteiger partial charge on any atom is 0.253 e. The van der Waals surface area contributed by atoms with Crippen molar-refractivity contribution in [2.75, 3.05) is 39.4 Å². The van der Waals surface area contributed by atoms with Crippen molar-refractivity contribution >= 4 is 35.0 Å². The molecule has 2 aromatic rings. The Morgan fingerprint density at radius 2 is 1.56 bits per heavy atom. The normalized spacial score (nSPS) is 18.5. The predicted molar refractivity (Wildman–Crippen MR) is 126 cm³/mol. The highest BCUT2D eigenvalue weighted by Crippen LogP contribution is 2.41. The summed E-state index contributed by atoms with van der Waals surface area (Å²) in [7, 11) is 0. The van der Waals surface area contributed by atoms with Crippen LogP contribution in [0.25, 0.3) is 0 Å². The molecule has 7 heteroatoms. The van der Waals surface area contributed by atoms with Crippen LogP contribution >= 0.6 is 23.2 Å². The molecule has 0 saturated carbocycles. The highest BCUT2D eigenvalue weighted by Gasteiger charge is 2.46. The molecule has 0 bridgehead atoms. The zero-order valence-corrected chi connectivity index (χ0v) is 19.8. The van der Waals surface area contributed by atoms with E-state index >= 15 is 0 Å². The first kappa shape index (κ1) is 23.1. The molecule has 2 fully saturated rings. The molecule has 2 aliphatic heterocycles. The summed E-state index contributed by atoms with van der Waals surface area (Å²) in [4.78, 5) is 30.4. The number of amides is 2. The average Bonchev–Trinajstić information content (AvgIpc) is 2.83. The van der Waals surface area contributed by atoms with Crippen LogP contribution in [0.2, 0.25) is 10.0 Å². The Balaban J connectivity index is 1.48. The maximum atomic E-state index is 13.8. The highest BCUT2D eigenvalue weighted by atomic mass is 35.5. The van der Waals surface area contributed by atoms with Gasteiger partial charge in [-0.05, 0) is 54.7 Å². The second-order valence-electron chi connectivity index (χ2n) is 8.45. The minimum absolute atomic E-state index is 0.0151. The third-order valence-corrected chi connectivity index (χ3v) is 7.21. The van der Waals surface area contributed by atoms with Gasteiger partial charge in [-0.1, -0.05) is 48.3 Å². The van der Waals surface area contributed by atoms with Gasteiger partial charge in [0.25, 0.3) is 5.91 Å². The minimum atomic E-state index is -0.720. The van der Waals surface area contributed by atoms with E-state index in [0.29, 0.717) is 67.8 Å². The summed E-state index contributed by atoms with van der Waals surface area (Å²) in [6.45, 7) is 5.15. The van der Waals surface area contributed by atoms with E-state index in [0.717, 1.165) is 12.0 Å². The van der Waals surface area contributed by atoms with Crippen LogP contribution in [0.3, 0.4) is 0 Å². The van der Waals surface area contributed by atoms with Crippen LogP contribution in [0.1, 0.15) is 41.3 Å². The molecule has 2 aromatic carbocycles. The fourth-order valence-corrected chi connectivity index (χ4v) is 5.27. The number of benzene rings is 2. The lowest BCUT2D eigenvalue weighted by Crippen LogP contribution is -2.56. The summed E-state index contributed by atoms with van der Waals surface area (Å²) in [6.07, 6.45) is 2.10. The van der Waals surface area contributed by atoms with Crippen molar-refractivity contribution in [3.05, 3.63) is 69.2 Å². The molecule has 0 aliphatic carbocycles. The third kappa shape index (κ3) is 4.52. The quantitative estimate of drug-likeness (QED) is 0.650. The highest BCUT2D eigenvalue weighted by molar-refractivity contribution is 6.35. The molecular weight excluding hydrogens is 447 g/mol. The molecule has 2 aliphatic rings. The lowest BCUT2D eigenvalue weighted by Gasteiger charge is -2.43. The Kier molecular flexibility index (Phi) is 7.08. The van der Waals surface area contributed by atoms with Crippen molar-refractivity contribution in [2.24, 2.45) is 0 Å². The van der Waals surface area contributed by atoms with E-state index < -0.39 is 5.41 Å². The minimum Gasteiger partial charge on any atom is -0.381 e. The van der Waals surface area contributed by atoms with Crippen LogP contribution in [0.4, 0.5) is 0 Å². The molecule has 2 amide bonds. The first-order valence-corrected chi connectivity index (χ1v) is 11.9. The van der Waals surface area contributed by atoms with Crippen LogP contribution in [0.15, 0.2) is 42.5 Å². The Morgan fingerprint density at radius 3 is 2.16 bits per heavy atom. The SMILES string of the molecule is CCc1ccc(C(=O)N2CCN(C(=O)C3(c4ccc(Cl)cc4Cl)CCOCC3)CC2)cc1. The molecule has 2 saturated heterocycles. The number of carbonyl (C=O) groups is 2. The monoisotopic (exact) mass is 474 g/mol. The summed E-state index contributed by atoms with van der Waals surface area (Å²) in [5, 5.41) is 1.06. The van der Waals surface area contributed by atoms with E-state index in [4.69, 9.17) is 27.9 Å². The van der Waals surface area contributed by atoms with Gasteiger partial charge in [-0.15, -0.1) is 0 Å². The Morgan fingerprint density at radius 1 is 0.938 bits per heavy atom. The zero-order valence-electron chi connectivity index (χ0n) is 18.3. The van der Waals surface area contributed by atoms with Crippen molar-refractivity contribution < 1.29 is 14.3 Å². The molecule has 0 N–H and O–H groups in total. The van der Waals surface area contributed by atoms with Crippen molar-refractivity contribution in [3.63, 3.8) is 0 Å². The van der Waals surface area contributed by atoms with E-state index in [9.17, 15) is 9.59 Å². The van der Waals surface area contributed by atoms with Gasteiger partial charge in [-0.3, -0.25) is 9.59 Å². The zero-order chi connectivity index (χ0) is 22.7. The van der Waals surface area contributed by atoms with Gasteiger partial charge in [0.15, 0.2) is 0 Å². The lowest BCUT2D eigenvalue weighted by molar-refractivity contribution is -0.142. The van der Waals surface area contributed by atoms with E-state index in [1.165, 1.54) is 5.56 Å². The number of aryl methyl sites for hydroxylation is 1. The average molecular weight is 475 g/mol. The predicted octanol–water partition coefficient (Wildman–Crippen LogP) is 4.59.